The standard InChI is InChI=1S/C34H24N2O2/c37-31-15-7-3-11-25(31)21-35-33-27-13-5-1-9-23(27)17-19-29(33)30-20-18-24-10-2-6-14-28(24)34(30)36-22-26-12-4-8-16-32(26)38/h1-22,37-38H. The summed E-state index contributed by atoms with van der Waals surface area (Å²) in [5.41, 5.74) is 4.71. The minimum absolute atomic E-state index is 0.177. The molecule has 4 nitrogen and oxygen atoms in total. The Bertz CT molecular complexity index is 1720. The lowest BCUT2D eigenvalue weighted by molar-refractivity contribution is 0.474. The molecule has 0 saturated heterocycles. The average Bonchev–Trinajstić information content (AvgIpc) is 2.96. The highest BCUT2D eigenvalue weighted by Crippen LogP contribution is 2.44. The minimum atomic E-state index is 0.177. The number of hydrogen-bond acceptors (Lipinski definition) is 4. The van der Waals surface area contributed by atoms with E-state index in [1.165, 1.54) is 0 Å². The Hall–Kier alpha value is -5.22. The number of phenols is 2. The summed E-state index contributed by atoms with van der Waals surface area (Å²) in [5.74, 6) is 0.355. The van der Waals surface area contributed by atoms with Crippen LogP contribution in [0.15, 0.2) is 131 Å². The van der Waals surface area contributed by atoms with Crippen molar-refractivity contribution in [2.75, 3.05) is 0 Å². The topological polar surface area (TPSA) is 65.2 Å². The van der Waals surface area contributed by atoms with Gasteiger partial charge in [-0.3, -0.25) is 9.98 Å². The normalized spacial score (nSPS) is 11.7. The Morgan fingerprint density at radius 2 is 0.816 bits per heavy atom. The van der Waals surface area contributed by atoms with E-state index in [1.807, 2.05) is 48.5 Å². The second kappa shape index (κ2) is 10.0. The van der Waals surface area contributed by atoms with Crippen molar-refractivity contribution in [1.82, 2.24) is 0 Å². The van der Waals surface area contributed by atoms with Crippen molar-refractivity contribution < 1.29 is 10.2 Å². The van der Waals surface area contributed by atoms with Gasteiger partial charge in [-0.15, -0.1) is 0 Å². The van der Waals surface area contributed by atoms with E-state index in [0.29, 0.717) is 11.1 Å². The summed E-state index contributed by atoms with van der Waals surface area (Å²) in [6, 6.07) is 38.9. The summed E-state index contributed by atoms with van der Waals surface area (Å²) in [6.07, 6.45) is 3.40. The van der Waals surface area contributed by atoms with E-state index in [-0.39, 0.29) is 11.5 Å². The molecule has 0 bridgehead atoms. The quantitative estimate of drug-likeness (QED) is 0.237. The number of para-hydroxylation sites is 2. The van der Waals surface area contributed by atoms with Gasteiger partial charge in [0.2, 0.25) is 0 Å². The van der Waals surface area contributed by atoms with Crippen LogP contribution in [0.4, 0.5) is 11.4 Å². The van der Waals surface area contributed by atoms with Gasteiger partial charge in [0, 0.05) is 45.5 Å². The number of aromatic hydroxyl groups is 2. The van der Waals surface area contributed by atoms with E-state index in [2.05, 4.69) is 48.5 Å². The van der Waals surface area contributed by atoms with Gasteiger partial charge >= 0.3 is 0 Å². The lowest BCUT2D eigenvalue weighted by Crippen LogP contribution is -1.88. The van der Waals surface area contributed by atoms with Crippen molar-refractivity contribution in [3.8, 4) is 22.6 Å². The molecule has 0 heterocycles. The molecule has 4 heteroatoms. The molecule has 0 aliphatic carbocycles. The van der Waals surface area contributed by atoms with Gasteiger partial charge < -0.3 is 10.2 Å². The summed E-state index contributed by atoms with van der Waals surface area (Å²) >= 11 is 0. The second-order valence-electron chi connectivity index (χ2n) is 9.00. The summed E-state index contributed by atoms with van der Waals surface area (Å²) < 4.78 is 0. The van der Waals surface area contributed by atoms with Crippen LogP contribution in [0.3, 0.4) is 0 Å². The van der Waals surface area contributed by atoms with Crippen LogP contribution in [-0.2, 0) is 0 Å². The first-order chi connectivity index (χ1) is 18.7. The zero-order valence-electron chi connectivity index (χ0n) is 20.5. The number of nitrogens with zero attached hydrogens (tertiary/aromatic N) is 2. The van der Waals surface area contributed by atoms with Crippen LogP contribution in [0.2, 0.25) is 0 Å². The van der Waals surface area contributed by atoms with Crippen molar-refractivity contribution in [1.29, 1.82) is 0 Å². The van der Waals surface area contributed by atoms with Crippen LogP contribution in [0.25, 0.3) is 32.7 Å². The number of phenolic OH excluding ortho intramolecular Hbond substituents is 2. The summed E-state index contributed by atoms with van der Waals surface area (Å²) in [6.45, 7) is 0. The van der Waals surface area contributed by atoms with Gasteiger partial charge in [0.15, 0.2) is 0 Å². The van der Waals surface area contributed by atoms with Crippen LogP contribution in [0, 0.1) is 0 Å². The van der Waals surface area contributed by atoms with Crippen molar-refractivity contribution >= 4 is 45.3 Å². The third-order valence-electron chi connectivity index (χ3n) is 6.63. The zero-order valence-corrected chi connectivity index (χ0v) is 20.5. The molecule has 0 aliphatic heterocycles. The van der Waals surface area contributed by atoms with Crippen molar-refractivity contribution in [3.63, 3.8) is 0 Å². The number of hydrogen-bond donors (Lipinski definition) is 2. The van der Waals surface area contributed by atoms with E-state index < -0.39 is 0 Å². The molecule has 6 aromatic rings. The monoisotopic (exact) mass is 492 g/mol. The number of aliphatic imine (C=N–C) groups is 2. The lowest BCUT2D eigenvalue weighted by Gasteiger charge is -2.14. The largest absolute Gasteiger partial charge is 0.507 e. The molecular formula is C34H24N2O2. The minimum Gasteiger partial charge on any atom is -0.507 e. The maximum absolute atomic E-state index is 10.3. The van der Waals surface area contributed by atoms with Crippen LogP contribution in [-0.4, -0.2) is 22.6 Å². The highest BCUT2D eigenvalue weighted by molar-refractivity contribution is 6.08. The predicted octanol–water partition coefficient (Wildman–Crippen LogP) is 8.57. The van der Waals surface area contributed by atoms with E-state index in [1.54, 1.807) is 36.7 Å². The SMILES string of the molecule is Oc1ccccc1C=Nc1c(-c2ccc3ccccc3c2N=Cc2ccccc2O)ccc2ccccc12. The molecule has 6 rings (SSSR count). The maximum Gasteiger partial charge on any atom is 0.124 e. The van der Waals surface area contributed by atoms with Gasteiger partial charge in [-0.1, -0.05) is 97.1 Å². The molecule has 6 aromatic carbocycles. The average molecular weight is 493 g/mol. The van der Waals surface area contributed by atoms with Crippen LogP contribution in [0.1, 0.15) is 11.1 Å². The van der Waals surface area contributed by atoms with Gasteiger partial charge in [-0.05, 0) is 35.0 Å². The van der Waals surface area contributed by atoms with E-state index in [4.69, 9.17) is 9.98 Å². The molecule has 0 aromatic heterocycles. The first kappa shape index (κ1) is 23.2. The zero-order chi connectivity index (χ0) is 25.9. The second-order valence-corrected chi connectivity index (χ2v) is 9.00. The number of rotatable bonds is 5. The third-order valence-corrected chi connectivity index (χ3v) is 6.63. The Balaban J connectivity index is 1.60. The molecule has 0 amide bonds. The molecular weight excluding hydrogens is 468 g/mol. The molecule has 182 valence electrons. The van der Waals surface area contributed by atoms with Crippen molar-refractivity contribution in [2.24, 2.45) is 9.98 Å². The van der Waals surface area contributed by atoms with Crippen LogP contribution < -0.4 is 0 Å². The molecule has 0 radical (unpaired) electrons. The van der Waals surface area contributed by atoms with Crippen LogP contribution in [0.5, 0.6) is 11.5 Å². The molecule has 0 aliphatic rings. The fraction of sp³-hybridized carbons (Fsp3) is 0. The third kappa shape index (κ3) is 4.40. The predicted molar refractivity (Wildman–Crippen MR) is 158 cm³/mol. The Kier molecular flexibility index (Phi) is 6.12. The van der Waals surface area contributed by atoms with E-state index in [0.717, 1.165) is 44.0 Å². The number of fused-ring (bicyclic) bond motifs is 2. The Labute approximate surface area is 220 Å². The van der Waals surface area contributed by atoms with E-state index in [9.17, 15) is 10.2 Å². The smallest absolute Gasteiger partial charge is 0.124 e. The number of benzene rings is 6. The highest BCUT2D eigenvalue weighted by atomic mass is 16.3. The molecule has 0 fully saturated rings. The van der Waals surface area contributed by atoms with Crippen molar-refractivity contribution in [3.05, 3.63) is 132 Å². The van der Waals surface area contributed by atoms with Gasteiger partial charge in [-0.25, -0.2) is 0 Å². The van der Waals surface area contributed by atoms with E-state index >= 15 is 0 Å². The Morgan fingerprint density at radius 1 is 0.421 bits per heavy atom. The first-order valence-electron chi connectivity index (χ1n) is 12.4. The molecule has 2 N–H and O–H groups in total. The van der Waals surface area contributed by atoms with Crippen molar-refractivity contribution in [2.45, 2.75) is 0 Å². The fourth-order valence-electron chi connectivity index (χ4n) is 4.68. The van der Waals surface area contributed by atoms with Gasteiger partial charge in [0.05, 0.1) is 11.4 Å². The molecule has 0 spiro atoms. The summed E-state index contributed by atoms with van der Waals surface area (Å²) in [4.78, 5) is 9.84. The van der Waals surface area contributed by atoms with Gasteiger partial charge in [0.25, 0.3) is 0 Å². The molecule has 38 heavy (non-hydrogen) atoms. The lowest BCUT2D eigenvalue weighted by atomic mass is 9.94. The maximum atomic E-state index is 10.3. The highest BCUT2D eigenvalue weighted by Gasteiger charge is 2.15. The van der Waals surface area contributed by atoms with Gasteiger partial charge in [0.1, 0.15) is 11.5 Å². The first-order valence-corrected chi connectivity index (χ1v) is 12.4. The Morgan fingerprint density at radius 3 is 1.26 bits per heavy atom. The van der Waals surface area contributed by atoms with Crippen LogP contribution >= 0.6 is 0 Å². The summed E-state index contributed by atoms with van der Waals surface area (Å²) in [5, 5.41) is 24.8. The summed E-state index contributed by atoms with van der Waals surface area (Å²) in [7, 11) is 0. The van der Waals surface area contributed by atoms with Gasteiger partial charge in [-0.2, -0.15) is 0 Å². The molecule has 0 atom stereocenters. The molecule has 0 unspecified atom stereocenters. The molecule has 0 saturated carbocycles. The fourth-order valence-corrected chi connectivity index (χ4v) is 4.68.